The van der Waals surface area contributed by atoms with Gasteiger partial charge >= 0.3 is 0 Å². The summed E-state index contributed by atoms with van der Waals surface area (Å²) in [5.41, 5.74) is 0.893. The minimum absolute atomic E-state index is 0.188. The van der Waals surface area contributed by atoms with Crippen LogP contribution >= 0.6 is 0 Å². The molecular weight excluding hydrogens is 220 g/mol. The fourth-order valence-electron chi connectivity index (χ4n) is 1.67. The van der Waals surface area contributed by atoms with Crippen LogP contribution in [0.2, 0.25) is 0 Å². The lowest BCUT2D eigenvalue weighted by Gasteiger charge is -2.32. The molecule has 1 aromatic rings. The average Bonchev–Trinajstić information content (AvgIpc) is 2.39. The van der Waals surface area contributed by atoms with Crippen LogP contribution in [0.1, 0.15) is 11.9 Å². The van der Waals surface area contributed by atoms with Crippen molar-refractivity contribution in [3.8, 4) is 0 Å². The van der Waals surface area contributed by atoms with Crippen molar-refractivity contribution in [2.45, 2.75) is 18.5 Å². The Morgan fingerprint density at radius 1 is 1.29 bits per heavy atom. The number of ether oxygens (including phenoxy) is 2. The molecule has 1 aliphatic rings. The molecule has 0 radical (unpaired) electrons. The van der Waals surface area contributed by atoms with E-state index in [1.165, 1.54) is 12.2 Å². The monoisotopic (exact) mass is 234 g/mol. The molecule has 1 N–H and O–H groups in total. The van der Waals surface area contributed by atoms with Crippen LogP contribution < -0.4 is 0 Å². The van der Waals surface area contributed by atoms with E-state index >= 15 is 0 Å². The topological polar surface area (TPSA) is 55.8 Å². The predicted octanol–water partition coefficient (Wildman–Crippen LogP) is 1.22. The van der Waals surface area contributed by atoms with Gasteiger partial charge < -0.3 is 14.6 Å². The number of carbonyl (C=O) groups is 1. The number of aliphatic hydroxyl groups is 1. The van der Waals surface area contributed by atoms with Crippen LogP contribution in [0, 0.1) is 0 Å². The molecule has 4 heteroatoms. The lowest BCUT2D eigenvalue weighted by atomic mass is 10.1. The molecule has 2 rings (SSSR count). The fraction of sp³-hybridized carbons (Fsp3) is 0.308. The first-order valence-corrected chi connectivity index (χ1v) is 5.43. The highest BCUT2D eigenvalue weighted by Crippen LogP contribution is 2.26. The van der Waals surface area contributed by atoms with Gasteiger partial charge in [-0.15, -0.1) is 0 Å². The van der Waals surface area contributed by atoms with Crippen molar-refractivity contribution >= 4 is 6.29 Å². The maximum atomic E-state index is 10.3. The minimum Gasteiger partial charge on any atom is -0.388 e. The summed E-state index contributed by atoms with van der Waals surface area (Å²) in [5, 5.41) is 9.64. The van der Waals surface area contributed by atoms with Gasteiger partial charge in [-0.1, -0.05) is 30.3 Å². The average molecular weight is 234 g/mol. The largest absolute Gasteiger partial charge is 0.388 e. The van der Waals surface area contributed by atoms with Crippen LogP contribution in [0.4, 0.5) is 0 Å². The summed E-state index contributed by atoms with van der Waals surface area (Å²) in [6.45, 7) is 0.188. The molecule has 1 aromatic carbocycles. The van der Waals surface area contributed by atoms with E-state index in [0.29, 0.717) is 6.29 Å². The number of hydrogen-bond acceptors (Lipinski definition) is 4. The number of rotatable bonds is 3. The predicted molar refractivity (Wildman–Crippen MR) is 61.2 cm³/mol. The first-order chi connectivity index (χ1) is 8.31. The molecule has 17 heavy (non-hydrogen) atoms. The number of aldehydes is 1. The molecule has 4 nitrogen and oxygen atoms in total. The summed E-state index contributed by atoms with van der Waals surface area (Å²) in [6, 6.07) is 9.48. The second kappa shape index (κ2) is 5.72. The van der Waals surface area contributed by atoms with E-state index in [-0.39, 0.29) is 6.61 Å². The molecule has 0 bridgehead atoms. The molecule has 0 aromatic heterocycles. The van der Waals surface area contributed by atoms with Gasteiger partial charge in [0, 0.05) is 5.56 Å². The van der Waals surface area contributed by atoms with Crippen molar-refractivity contribution < 1.29 is 19.4 Å². The third kappa shape index (κ3) is 3.00. The van der Waals surface area contributed by atoms with E-state index in [9.17, 15) is 9.90 Å². The Morgan fingerprint density at radius 2 is 2.06 bits per heavy atom. The number of carbonyl (C=O) groups excluding carboxylic acids is 1. The van der Waals surface area contributed by atoms with Gasteiger partial charge in [0.15, 0.2) is 6.29 Å². The summed E-state index contributed by atoms with van der Waals surface area (Å²) < 4.78 is 11.0. The number of allylic oxidation sites excluding steroid dienone is 1. The van der Waals surface area contributed by atoms with Crippen LogP contribution in [0.3, 0.4) is 0 Å². The SMILES string of the molecule is O=C/C=C/[C@@H]1OC(c2ccccc2)OC[C@H]1O. The van der Waals surface area contributed by atoms with Crippen molar-refractivity contribution in [1.82, 2.24) is 0 Å². The van der Waals surface area contributed by atoms with E-state index in [4.69, 9.17) is 9.47 Å². The highest BCUT2D eigenvalue weighted by Gasteiger charge is 2.29. The van der Waals surface area contributed by atoms with Gasteiger partial charge in [-0.2, -0.15) is 0 Å². The smallest absolute Gasteiger partial charge is 0.184 e. The van der Waals surface area contributed by atoms with Crippen LogP contribution in [0.5, 0.6) is 0 Å². The molecule has 1 fully saturated rings. The van der Waals surface area contributed by atoms with E-state index in [0.717, 1.165) is 5.56 Å². The molecular formula is C13H14O4. The quantitative estimate of drug-likeness (QED) is 0.631. The normalized spacial score (nSPS) is 29.4. The number of hydrogen-bond donors (Lipinski definition) is 1. The molecule has 90 valence electrons. The van der Waals surface area contributed by atoms with Gasteiger partial charge in [-0.05, 0) is 12.2 Å². The lowest BCUT2D eigenvalue weighted by Crippen LogP contribution is -2.39. The van der Waals surface area contributed by atoms with E-state index in [1.54, 1.807) is 0 Å². The van der Waals surface area contributed by atoms with Crippen molar-refractivity contribution in [3.05, 3.63) is 48.0 Å². The molecule has 3 atom stereocenters. The summed E-state index contributed by atoms with van der Waals surface area (Å²) in [6.07, 6.45) is 1.76. The Bertz CT molecular complexity index is 388. The van der Waals surface area contributed by atoms with E-state index in [1.807, 2.05) is 30.3 Å². The van der Waals surface area contributed by atoms with E-state index < -0.39 is 18.5 Å². The number of benzene rings is 1. The van der Waals surface area contributed by atoms with Crippen LogP contribution in [0.25, 0.3) is 0 Å². The summed E-state index contributed by atoms with van der Waals surface area (Å²) in [7, 11) is 0. The maximum absolute atomic E-state index is 10.3. The Balaban J connectivity index is 2.07. The third-order valence-corrected chi connectivity index (χ3v) is 2.53. The molecule has 1 unspecified atom stereocenters. The van der Waals surface area contributed by atoms with Gasteiger partial charge in [-0.25, -0.2) is 0 Å². The van der Waals surface area contributed by atoms with Gasteiger partial charge in [0.25, 0.3) is 0 Å². The molecule has 0 amide bonds. The molecule has 0 spiro atoms. The Hall–Kier alpha value is -1.49. The van der Waals surface area contributed by atoms with Crippen molar-refractivity contribution in [3.63, 3.8) is 0 Å². The van der Waals surface area contributed by atoms with Gasteiger partial charge in [0.1, 0.15) is 18.5 Å². The first kappa shape index (κ1) is 12.0. The van der Waals surface area contributed by atoms with Crippen molar-refractivity contribution in [2.24, 2.45) is 0 Å². The fourth-order valence-corrected chi connectivity index (χ4v) is 1.67. The van der Waals surface area contributed by atoms with E-state index in [2.05, 4.69) is 0 Å². The molecule has 0 aliphatic carbocycles. The second-order valence-corrected chi connectivity index (χ2v) is 3.76. The zero-order chi connectivity index (χ0) is 12.1. The second-order valence-electron chi connectivity index (χ2n) is 3.76. The Labute approximate surface area is 99.5 Å². The highest BCUT2D eigenvalue weighted by molar-refractivity contribution is 5.64. The van der Waals surface area contributed by atoms with Crippen LogP contribution in [0.15, 0.2) is 42.5 Å². The van der Waals surface area contributed by atoms with Crippen LogP contribution in [-0.4, -0.2) is 30.2 Å². The van der Waals surface area contributed by atoms with Crippen LogP contribution in [-0.2, 0) is 14.3 Å². The zero-order valence-electron chi connectivity index (χ0n) is 9.23. The minimum atomic E-state index is -0.744. The molecule has 1 saturated heterocycles. The van der Waals surface area contributed by atoms with Crippen molar-refractivity contribution in [2.75, 3.05) is 6.61 Å². The molecule has 1 heterocycles. The summed E-state index contributed by atoms with van der Waals surface area (Å²) in [4.78, 5) is 10.3. The lowest BCUT2D eigenvalue weighted by molar-refractivity contribution is -0.243. The molecule has 0 saturated carbocycles. The summed E-state index contributed by atoms with van der Waals surface area (Å²) >= 11 is 0. The standard InChI is InChI=1S/C13H14O4/c14-8-4-7-12-11(15)9-16-13(17-12)10-5-2-1-3-6-10/h1-8,11-13,15H,9H2/b7-4+/t11-,12+,13?/m1/s1. The van der Waals surface area contributed by atoms with Gasteiger partial charge in [0.05, 0.1) is 6.61 Å². The number of aliphatic hydroxyl groups excluding tert-OH is 1. The Morgan fingerprint density at radius 3 is 2.76 bits per heavy atom. The Kier molecular flexibility index (Phi) is 4.03. The van der Waals surface area contributed by atoms with Gasteiger partial charge in [-0.3, -0.25) is 4.79 Å². The third-order valence-electron chi connectivity index (χ3n) is 2.53. The van der Waals surface area contributed by atoms with Gasteiger partial charge in [0.2, 0.25) is 0 Å². The maximum Gasteiger partial charge on any atom is 0.184 e. The molecule has 1 aliphatic heterocycles. The highest BCUT2D eigenvalue weighted by atomic mass is 16.7. The summed E-state index contributed by atoms with van der Waals surface area (Å²) in [5.74, 6) is 0. The van der Waals surface area contributed by atoms with Crippen molar-refractivity contribution in [1.29, 1.82) is 0 Å². The first-order valence-electron chi connectivity index (χ1n) is 5.43. The zero-order valence-corrected chi connectivity index (χ0v) is 9.23.